The molecule has 132 valence electrons. The number of aromatic hydroxyl groups is 1. The standard InChI is InChI=1S/C17H18ClN3O3S/c18-13-4-9-17(22)16(12-13)20-19-14-5-7-15(8-6-14)25(23,24)21-10-2-1-3-11-21/h4-9,12,22H,1-3,10-11H2. The zero-order chi connectivity index (χ0) is 17.9. The SMILES string of the molecule is O=S(=O)(c1ccc(N=Nc2cc(Cl)ccc2O)cc1)N1CCCCC1. The monoisotopic (exact) mass is 379 g/mol. The summed E-state index contributed by atoms with van der Waals surface area (Å²) in [4.78, 5) is 0.249. The Hall–Kier alpha value is -1.96. The molecule has 0 aliphatic carbocycles. The molecule has 1 aliphatic rings. The van der Waals surface area contributed by atoms with E-state index in [0.29, 0.717) is 23.8 Å². The summed E-state index contributed by atoms with van der Waals surface area (Å²) < 4.78 is 26.7. The minimum absolute atomic E-state index is 0.0301. The minimum Gasteiger partial charge on any atom is -0.506 e. The summed E-state index contributed by atoms with van der Waals surface area (Å²) in [5.74, 6) is -0.0301. The van der Waals surface area contributed by atoms with Crippen LogP contribution in [0.25, 0.3) is 0 Å². The third-order valence-electron chi connectivity index (χ3n) is 4.00. The lowest BCUT2D eigenvalue weighted by atomic mass is 10.2. The van der Waals surface area contributed by atoms with Crippen molar-refractivity contribution in [2.45, 2.75) is 24.2 Å². The number of hydrogen-bond acceptors (Lipinski definition) is 5. The lowest BCUT2D eigenvalue weighted by Crippen LogP contribution is -2.35. The van der Waals surface area contributed by atoms with E-state index in [9.17, 15) is 13.5 Å². The smallest absolute Gasteiger partial charge is 0.243 e. The maximum atomic E-state index is 12.6. The van der Waals surface area contributed by atoms with Crippen LogP contribution in [0.4, 0.5) is 11.4 Å². The van der Waals surface area contributed by atoms with Crippen molar-refractivity contribution in [3.05, 3.63) is 47.5 Å². The van der Waals surface area contributed by atoms with E-state index in [1.54, 1.807) is 18.2 Å². The fraction of sp³-hybridized carbons (Fsp3) is 0.294. The van der Waals surface area contributed by atoms with Crippen molar-refractivity contribution in [1.29, 1.82) is 0 Å². The second-order valence-electron chi connectivity index (χ2n) is 5.79. The average Bonchev–Trinajstić information content (AvgIpc) is 2.63. The molecule has 0 saturated carbocycles. The van der Waals surface area contributed by atoms with Crippen molar-refractivity contribution in [2.24, 2.45) is 10.2 Å². The van der Waals surface area contributed by atoms with Gasteiger partial charge in [-0.25, -0.2) is 8.42 Å². The molecule has 1 saturated heterocycles. The molecule has 2 aromatic rings. The molecule has 0 unspecified atom stereocenters. The van der Waals surface area contributed by atoms with Crippen LogP contribution < -0.4 is 0 Å². The Bertz CT molecular complexity index is 877. The van der Waals surface area contributed by atoms with E-state index in [1.807, 2.05) is 0 Å². The lowest BCUT2D eigenvalue weighted by Gasteiger charge is -2.25. The van der Waals surface area contributed by atoms with Gasteiger partial charge in [0.25, 0.3) is 0 Å². The highest BCUT2D eigenvalue weighted by molar-refractivity contribution is 7.89. The van der Waals surface area contributed by atoms with E-state index in [0.717, 1.165) is 19.3 Å². The number of piperidine rings is 1. The second kappa shape index (κ2) is 7.51. The van der Waals surface area contributed by atoms with E-state index >= 15 is 0 Å². The first-order valence-electron chi connectivity index (χ1n) is 7.97. The molecule has 1 aliphatic heterocycles. The van der Waals surface area contributed by atoms with Gasteiger partial charge in [-0.2, -0.15) is 9.42 Å². The average molecular weight is 380 g/mol. The first kappa shape index (κ1) is 17.8. The first-order valence-corrected chi connectivity index (χ1v) is 9.79. The molecule has 25 heavy (non-hydrogen) atoms. The number of rotatable bonds is 4. The predicted molar refractivity (Wildman–Crippen MR) is 96.3 cm³/mol. The molecule has 8 heteroatoms. The van der Waals surface area contributed by atoms with Gasteiger partial charge in [0.1, 0.15) is 11.4 Å². The topological polar surface area (TPSA) is 82.3 Å². The number of nitrogens with zero attached hydrogens (tertiary/aromatic N) is 3. The Morgan fingerprint density at radius 1 is 0.960 bits per heavy atom. The van der Waals surface area contributed by atoms with Gasteiger partial charge in [-0.3, -0.25) is 0 Å². The van der Waals surface area contributed by atoms with Crippen LogP contribution in [0.3, 0.4) is 0 Å². The van der Waals surface area contributed by atoms with Gasteiger partial charge in [0, 0.05) is 18.1 Å². The molecule has 1 fully saturated rings. The largest absolute Gasteiger partial charge is 0.506 e. The fourth-order valence-electron chi connectivity index (χ4n) is 2.63. The van der Waals surface area contributed by atoms with E-state index in [2.05, 4.69) is 10.2 Å². The van der Waals surface area contributed by atoms with Crippen molar-refractivity contribution in [3.63, 3.8) is 0 Å². The van der Waals surface area contributed by atoms with Gasteiger partial charge in [0.2, 0.25) is 10.0 Å². The maximum Gasteiger partial charge on any atom is 0.243 e. The van der Waals surface area contributed by atoms with Gasteiger partial charge in [0.15, 0.2) is 0 Å². The normalized spacial score (nSPS) is 16.4. The fourth-order valence-corrected chi connectivity index (χ4v) is 4.31. The zero-order valence-electron chi connectivity index (χ0n) is 13.5. The molecule has 2 aromatic carbocycles. The molecule has 0 bridgehead atoms. The van der Waals surface area contributed by atoms with Gasteiger partial charge in [0.05, 0.1) is 10.6 Å². The minimum atomic E-state index is -3.45. The molecule has 0 amide bonds. The van der Waals surface area contributed by atoms with Crippen LogP contribution in [0.2, 0.25) is 5.02 Å². The predicted octanol–water partition coefficient (Wildman–Crippen LogP) is 4.64. The Morgan fingerprint density at radius 3 is 2.32 bits per heavy atom. The summed E-state index contributed by atoms with van der Waals surface area (Å²) >= 11 is 5.86. The van der Waals surface area contributed by atoms with Gasteiger partial charge >= 0.3 is 0 Å². The van der Waals surface area contributed by atoms with Crippen LogP contribution in [0, 0.1) is 0 Å². The zero-order valence-corrected chi connectivity index (χ0v) is 15.0. The third-order valence-corrected chi connectivity index (χ3v) is 6.15. The van der Waals surface area contributed by atoms with Crippen LogP contribution in [0.5, 0.6) is 5.75 Å². The Balaban J connectivity index is 1.78. The van der Waals surface area contributed by atoms with E-state index < -0.39 is 10.0 Å². The van der Waals surface area contributed by atoms with Gasteiger partial charge in [-0.1, -0.05) is 18.0 Å². The maximum absolute atomic E-state index is 12.6. The van der Waals surface area contributed by atoms with Gasteiger partial charge in [-0.15, -0.1) is 5.11 Å². The van der Waals surface area contributed by atoms with Gasteiger partial charge in [-0.05, 0) is 55.3 Å². The molecule has 0 atom stereocenters. The van der Waals surface area contributed by atoms with E-state index in [-0.39, 0.29) is 16.3 Å². The number of halogens is 1. The number of phenolic OH excluding ortho intramolecular Hbond substituents is 1. The third kappa shape index (κ3) is 4.18. The molecule has 0 radical (unpaired) electrons. The number of sulfonamides is 1. The molecule has 1 N–H and O–H groups in total. The van der Waals surface area contributed by atoms with Crippen molar-refractivity contribution >= 4 is 33.0 Å². The van der Waals surface area contributed by atoms with Crippen LogP contribution >= 0.6 is 11.6 Å². The van der Waals surface area contributed by atoms with E-state index in [4.69, 9.17) is 11.6 Å². The molecule has 0 aromatic heterocycles. The molecule has 0 spiro atoms. The molecule has 3 rings (SSSR count). The number of phenols is 1. The highest BCUT2D eigenvalue weighted by Gasteiger charge is 2.25. The summed E-state index contributed by atoms with van der Waals surface area (Å²) in [6, 6.07) is 10.7. The quantitative estimate of drug-likeness (QED) is 0.786. The summed E-state index contributed by atoms with van der Waals surface area (Å²) in [5.41, 5.74) is 0.731. The summed E-state index contributed by atoms with van der Waals surface area (Å²) in [7, 11) is -3.45. The summed E-state index contributed by atoms with van der Waals surface area (Å²) in [5, 5.41) is 18.1. The lowest BCUT2D eigenvalue weighted by molar-refractivity contribution is 0.346. The summed E-state index contributed by atoms with van der Waals surface area (Å²) in [6.45, 7) is 1.13. The molecular formula is C17H18ClN3O3S. The number of hydrogen-bond donors (Lipinski definition) is 1. The van der Waals surface area contributed by atoms with Crippen LogP contribution in [-0.4, -0.2) is 30.9 Å². The first-order chi connectivity index (χ1) is 12.0. The molecular weight excluding hydrogens is 362 g/mol. The highest BCUT2D eigenvalue weighted by atomic mass is 35.5. The van der Waals surface area contributed by atoms with E-state index in [1.165, 1.54) is 28.6 Å². The van der Waals surface area contributed by atoms with Crippen LogP contribution in [0.15, 0.2) is 57.6 Å². The van der Waals surface area contributed by atoms with Crippen molar-refractivity contribution in [2.75, 3.05) is 13.1 Å². The number of benzene rings is 2. The summed E-state index contributed by atoms with van der Waals surface area (Å²) in [6.07, 6.45) is 2.87. The van der Waals surface area contributed by atoms with Crippen molar-refractivity contribution in [3.8, 4) is 5.75 Å². The molecule has 1 heterocycles. The van der Waals surface area contributed by atoms with Crippen molar-refractivity contribution in [1.82, 2.24) is 4.31 Å². The Morgan fingerprint density at radius 2 is 1.64 bits per heavy atom. The second-order valence-corrected chi connectivity index (χ2v) is 8.17. The highest BCUT2D eigenvalue weighted by Crippen LogP contribution is 2.31. The van der Waals surface area contributed by atoms with Crippen LogP contribution in [-0.2, 0) is 10.0 Å². The Labute approximate surface area is 151 Å². The van der Waals surface area contributed by atoms with Gasteiger partial charge < -0.3 is 5.11 Å². The molecule has 6 nitrogen and oxygen atoms in total. The Kier molecular flexibility index (Phi) is 5.36. The van der Waals surface area contributed by atoms with Crippen molar-refractivity contribution < 1.29 is 13.5 Å². The number of azo groups is 1. The van der Waals surface area contributed by atoms with Crippen LogP contribution in [0.1, 0.15) is 19.3 Å².